The monoisotopic (exact) mass is 341 g/mol. The molecule has 2 aromatic rings. The molecule has 1 N–H and O–H groups in total. The van der Waals surface area contributed by atoms with Gasteiger partial charge in [-0.15, -0.1) is 0 Å². The van der Waals surface area contributed by atoms with Crippen molar-refractivity contribution in [1.82, 2.24) is 13.9 Å². The zero-order valence-corrected chi connectivity index (χ0v) is 14.1. The highest BCUT2D eigenvalue weighted by Gasteiger charge is 2.40. The summed E-state index contributed by atoms with van der Waals surface area (Å²) in [6.07, 6.45) is 1.54. The molecule has 0 aromatic carbocycles. The third-order valence-corrected chi connectivity index (χ3v) is 6.71. The van der Waals surface area contributed by atoms with Crippen molar-refractivity contribution < 1.29 is 13.5 Å². The van der Waals surface area contributed by atoms with E-state index >= 15 is 0 Å². The fourth-order valence-corrected chi connectivity index (χ4v) is 5.13. The Bertz CT molecular complexity index is 733. The van der Waals surface area contributed by atoms with E-state index in [-0.39, 0.29) is 23.5 Å². The maximum atomic E-state index is 12.7. The van der Waals surface area contributed by atoms with Crippen molar-refractivity contribution in [2.45, 2.75) is 17.9 Å². The number of sulfonamides is 1. The average molecular weight is 341 g/mol. The first-order valence-electron chi connectivity index (χ1n) is 7.06. The third-order valence-electron chi connectivity index (χ3n) is 4.30. The van der Waals surface area contributed by atoms with Crippen LogP contribution in [0.15, 0.2) is 28.0 Å². The van der Waals surface area contributed by atoms with Crippen molar-refractivity contribution in [2.24, 2.45) is 13.0 Å². The van der Waals surface area contributed by atoms with Gasteiger partial charge in [0.05, 0.1) is 0 Å². The summed E-state index contributed by atoms with van der Waals surface area (Å²) >= 11 is 1.58. The van der Waals surface area contributed by atoms with Crippen molar-refractivity contribution in [3.8, 4) is 0 Å². The van der Waals surface area contributed by atoms with E-state index in [4.69, 9.17) is 0 Å². The molecule has 0 spiro atoms. The molecular weight excluding hydrogens is 322 g/mol. The van der Waals surface area contributed by atoms with Crippen LogP contribution >= 0.6 is 11.3 Å². The van der Waals surface area contributed by atoms with Crippen molar-refractivity contribution >= 4 is 21.4 Å². The van der Waals surface area contributed by atoms with Crippen LogP contribution in [0.1, 0.15) is 17.3 Å². The summed E-state index contributed by atoms with van der Waals surface area (Å²) in [7, 11) is -1.84. The average Bonchev–Trinajstić information content (AvgIpc) is 3.18. The van der Waals surface area contributed by atoms with E-state index in [0.29, 0.717) is 18.9 Å². The zero-order chi connectivity index (χ0) is 15.9. The van der Waals surface area contributed by atoms with Crippen LogP contribution < -0.4 is 0 Å². The first-order chi connectivity index (χ1) is 10.4. The molecule has 6 nitrogen and oxygen atoms in total. The fourth-order valence-electron chi connectivity index (χ4n) is 2.86. The number of hydrogen-bond donors (Lipinski definition) is 1. The van der Waals surface area contributed by atoms with Gasteiger partial charge in [0.2, 0.25) is 0 Å². The number of hydrogen-bond acceptors (Lipinski definition) is 5. The van der Waals surface area contributed by atoms with Crippen LogP contribution in [0.5, 0.6) is 0 Å². The number of aromatic nitrogens is 2. The first kappa shape index (κ1) is 15.7. The SMILES string of the molecule is Cc1nc(S(=O)(=O)N2C[C@H](CO)[C@@H](c3ccsc3)C2)cn1C. The van der Waals surface area contributed by atoms with Gasteiger partial charge in [0, 0.05) is 44.8 Å². The largest absolute Gasteiger partial charge is 0.396 e. The first-order valence-corrected chi connectivity index (χ1v) is 9.45. The quantitative estimate of drug-likeness (QED) is 0.906. The van der Waals surface area contributed by atoms with Gasteiger partial charge in [0.25, 0.3) is 10.0 Å². The molecule has 2 aromatic heterocycles. The summed E-state index contributed by atoms with van der Waals surface area (Å²) in [5.41, 5.74) is 1.10. The van der Waals surface area contributed by atoms with Gasteiger partial charge in [-0.2, -0.15) is 15.6 Å². The molecule has 3 rings (SSSR count). The van der Waals surface area contributed by atoms with Gasteiger partial charge in [-0.25, -0.2) is 13.4 Å². The molecule has 2 atom stereocenters. The van der Waals surface area contributed by atoms with Gasteiger partial charge in [-0.3, -0.25) is 0 Å². The molecule has 1 saturated heterocycles. The smallest absolute Gasteiger partial charge is 0.262 e. The van der Waals surface area contributed by atoms with Gasteiger partial charge in [-0.1, -0.05) is 0 Å². The van der Waals surface area contributed by atoms with Crippen molar-refractivity contribution in [1.29, 1.82) is 0 Å². The number of rotatable bonds is 4. The Labute approximate surface area is 134 Å². The number of nitrogens with zero attached hydrogens (tertiary/aromatic N) is 3. The topological polar surface area (TPSA) is 75.4 Å². The van der Waals surface area contributed by atoms with E-state index in [1.807, 2.05) is 16.8 Å². The van der Waals surface area contributed by atoms with Crippen molar-refractivity contribution in [3.63, 3.8) is 0 Å². The Morgan fingerprint density at radius 2 is 2.23 bits per heavy atom. The Kier molecular flexibility index (Phi) is 4.11. The molecular formula is C14H19N3O3S2. The highest BCUT2D eigenvalue weighted by Crippen LogP contribution is 2.36. The van der Waals surface area contributed by atoms with Gasteiger partial charge >= 0.3 is 0 Å². The van der Waals surface area contributed by atoms with Crippen molar-refractivity contribution in [2.75, 3.05) is 19.7 Å². The number of aliphatic hydroxyl groups excluding tert-OH is 1. The zero-order valence-electron chi connectivity index (χ0n) is 12.5. The maximum absolute atomic E-state index is 12.7. The predicted molar refractivity (Wildman–Crippen MR) is 84.3 cm³/mol. The molecule has 0 radical (unpaired) electrons. The molecule has 3 heterocycles. The minimum Gasteiger partial charge on any atom is -0.396 e. The van der Waals surface area contributed by atoms with Crippen LogP contribution in [0.4, 0.5) is 0 Å². The van der Waals surface area contributed by atoms with Crippen LogP contribution in [0.3, 0.4) is 0 Å². The molecule has 0 amide bonds. The molecule has 0 saturated carbocycles. The molecule has 0 aliphatic carbocycles. The van der Waals surface area contributed by atoms with Crippen LogP contribution in [0, 0.1) is 12.8 Å². The Morgan fingerprint density at radius 3 is 2.77 bits per heavy atom. The Balaban J connectivity index is 1.89. The highest BCUT2D eigenvalue weighted by molar-refractivity contribution is 7.89. The second kappa shape index (κ2) is 5.77. The van der Waals surface area contributed by atoms with Gasteiger partial charge in [0.15, 0.2) is 5.03 Å². The second-order valence-electron chi connectivity index (χ2n) is 5.67. The lowest BCUT2D eigenvalue weighted by molar-refractivity contribution is 0.223. The third kappa shape index (κ3) is 2.60. The van der Waals surface area contributed by atoms with Crippen LogP contribution in [-0.4, -0.2) is 47.1 Å². The van der Waals surface area contributed by atoms with Crippen LogP contribution in [0.2, 0.25) is 0 Å². The predicted octanol–water partition coefficient (Wildman–Crippen LogP) is 1.19. The summed E-state index contributed by atoms with van der Waals surface area (Å²) in [6.45, 7) is 2.47. The summed E-state index contributed by atoms with van der Waals surface area (Å²) < 4.78 is 28.6. The van der Waals surface area contributed by atoms with E-state index in [0.717, 1.165) is 5.56 Å². The summed E-state index contributed by atoms with van der Waals surface area (Å²) in [5.74, 6) is 0.621. The lowest BCUT2D eigenvalue weighted by Crippen LogP contribution is -2.29. The standard InChI is InChI=1S/C14H19N3O3S2/c1-10-15-14(7-16(10)2)22(19,20)17-5-12(8-18)13(6-17)11-3-4-21-9-11/h3-4,7,9,12-13,18H,5-6,8H2,1-2H3/t12-,13-/m1/s1. The summed E-state index contributed by atoms with van der Waals surface area (Å²) in [4.78, 5) is 4.14. The summed E-state index contributed by atoms with van der Waals surface area (Å²) in [6, 6.07) is 2.00. The normalized spacial score (nSPS) is 23.2. The van der Waals surface area contributed by atoms with E-state index < -0.39 is 10.0 Å². The van der Waals surface area contributed by atoms with E-state index in [1.165, 1.54) is 10.5 Å². The second-order valence-corrected chi connectivity index (χ2v) is 8.33. The van der Waals surface area contributed by atoms with Gasteiger partial charge in [0.1, 0.15) is 5.82 Å². The number of aliphatic hydroxyl groups is 1. The molecule has 1 aliphatic heterocycles. The molecule has 22 heavy (non-hydrogen) atoms. The van der Waals surface area contributed by atoms with E-state index in [9.17, 15) is 13.5 Å². The fraction of sp³-hybridized carbons (Fsp3) is 0.500. The van der Waals surface area contributed by atoms with Crippen LogP contribution in [0.25, 0.3) is 0 Å². The molecule has 8 heteroatoms. The summed E-state index contributed by atoms with van der Waals surface area (Å²) in [5, 5.41) is 13.7. The maximum Gasteiger partial charge on any atom is 0.262 e. The Morgan fingerprint density at radius 1 is 1.45 bits per heavy atom. The highest BCUT2D eigenvalue weighted by atomic mass is 32.2. The number of thiophene rings is 1. The van der Waals surface area contributed by atoms with E-state index in [2.05, 4.69) is 4.98 Å². The molecule has 1 fully saturated rings. The van der Waals surface area contributed by atoms with E-state index in [1.54, 1.807) is 29.9 Å². The van der Waals surface area contributed by atoms with Gasteiger partial charge < -0.3 is 9.67 Å². The molecule has 1 aliphatic rings. The minimum absolute atomic E-state index is 0.0201. The van der Waals surface area contributed by atoms with Crippen molar-refractivity contribution in [3.05, 3.63) is 34.4 Å². The lowest BCUT2D eigenvalue weighted by atomic mass is 9.92. The van der Waals surface area contributed by atoms with Gasteiger partial charge in [-0.05, 0) is 29.3 Å². The minimum atomic E-state index is -3.61. The molecule has 0 unspecified atom stereocenters. The molecule has 120 valence electrons. The molecule has 0 bridgehead atoms. The van der Waals surface area contributed by atoms with Crippen LogP contribution in [-0.2, 0) is 17.1 Å². The number of aryl methyl sites for hydroxylation is 2. The lowest BCUT2D eigenvalue weighted by Gasteiger charge is -2.14. The number of imidazole rings is 1. The Hall–Kier alpha value is -1.22.